The van der Waals surface area contributed by atoms with Crippen LogP contribution in [0.5, 0.6) is 5.88 Å². The van der Waals surface area contributed by atoms with Gasteiger partial charge in [0.25, 0.3) is 0 Å². The smallest absolute Gasteiger partial charge is 0.215 e. The van der Waals surface area contributed by atoms with E-state index in [9.17, 15) is 0 Å². The number of aromatic nitrogens is 1. The second kappa shape index (κ2) is 5.89. The van der Waals surface area contributed by atoms with Crippen LogP contribution >= 0.6 is 0 Å². The molecule has 96 valence electrons. The predicted octanol–water partition coefficient (Wildman–Crippen LogP) is 3.86. The number of hydrogen-bond acceptors (Lipinski definition) is 3. The molecule has 1 rings (SSSR count). The van der Waals surface area contributed by atoms with Crippen molar-refractivity contribution >= 4 is 5.82 Å². The Bertz CT molecular complexity index is 344. The highest BCUT2D eigenvalue weighted by atomic mass is 16.5. The van der Waals surface area contributed by atoms with E-state index in [4.69, 9.17) is 4.74 Å². The molecular weight excluding hydrogens is 212 g/mol. The Morgan fingerprint density at radius 1 is 1.35 bits per heavy atom. The molecule has 1 aromatic rings. The van der Waals surface area contributed by atoms with E-state index in [-0.39, 0.29) is 11.6 Å². The van der Waals surface area contributed by atoms with Gasteiger partial charge in [0.1, 0.15) is 5.82 Å². The SMILES string of the molecule is CCCC(C)Oc1cccc(NC(C)(C)C)n1. The molecule has 1 unspecified atom stereocenters. The Labute approximate surface area is 105 Å². The normalized spacial score (nSPS) is 13.2. The molecule has 0 saturated heterocycles. The van der Waals surface area contributed by atoms with Crippen molar-refractivity contribution in [2.75, 3.05) is 5.32 Å². The molecule has 0 aliphatic carbocycles. The lowest BCUT2D eigenvalue weighted by molar-refractivity contribution is 0.202. The average molecular weight is 236 g/mol. The number of rotatable bonds is 5. The maximum Gasteiger partial charge on any atom is 0.215 e. The molecule has 0 aliphatic rings. The van der Waals surface area contributed by atoms with E-state index in [2.05, 4.69) is 44.9 Å². The maximum atomic E-state index is 5.76. The number of ether oxygens (including phenoxy) is 1. The van der Waals surface area contributed by atoms with Crippen LogP contribution in [-0.2, 0) is 0 Å². The van der Waals surface area contributed by atoms with Gasteiger partial charge < -0.3 is 10.1 Å². The summed E-state index contributed by atoms with van der Waals surface area (Å²) in [6.45, 7) is 10.6. The molecule has 3 heteroatoms. The van der Waals surface area contributed by atoms with Crippen molar-refractivity contribution in [1.29, 1.82) is 0 Å². The molecule has 17 heavy (non-hydrogen) atoms. The Morgan fingerprint density at radius 3 is 2.65 bits per heavy atom. The molecule has 0 radical (unpaired) electrons. The zero-order valence-electron chi connectivity index (χ0n) is 11.6. The van der Waals surface area contributed by atoms with E-state index in [1.807, 2.05) is 18.2 Å². The molecule has 0 fully saturated rings. The molecule has 0 spiro atoms. The van der Waals surface area contributed by atoms with Gasteiger partial charge in [-0.05, 0) is 40.2 Å². The van der Waals surface area contributed by atoms with Gasteiger partial charge in [0.05, 0.1) is 6.10 Å². The van der Waals surface area contributed by atoms with Gasteiger partial charge in [-0.3, -0.25) is 0 Å². The molecule has 1 atom stereocenters. The Hall–Kier alpha value is -1.25. The van der Waals surface area contributed by atoms with E-state index >= 15 is 0 Å². The molecule has 0 bridgehead atoms. The van der Waals surface area contributed by atoms with Crippen molar-refractivity contribution in [3.05, 3.63) is 18.2 Å². The molecular formula is C14H24N2O. The third-order valence-electron chi connectivity index (χ3n) is 2.24. The van der Waals surface area contributed by atoms with Crippen molar-refractivity contribution in [3.63, 3.8) is 0 Å². The minimum absolute atomic E-state index is 0.0145. The highest BCUT2D eigenvalue weighted by molar-refractivity contribution is 5.39. The number of pyridine rings is 1. The van der Waals surface area contributed by atoms with Crippen LogP contribution in [0, 0.1) is 0 Å². The first kappa shape index (κ1) is 13.8. The number of anilines is 1. The van der Waals surface area contributed by atoms with Gasteiger partial charge in [0.15, 0.2) is 0 Å². The minimum atomic E-state index is 0.0145. The van der Waals surface area contributed by atoms with Crippen LogP contribution in [0.15, 0.2) is 18.2 Å². The minimum Gasteiger partial charge on any atom is -0.475 e. The van der Waals surface area contributed by atoms with E-state index < -0.39 is 0 Å². The summed E-state index contributed by atoms with van der Waals surface area (Å²) in [4.78, 5) is 4.45. The highest BCUT2D eigenvalue weighted by Crippen LogP contribution is 2.17. The van der Waals surface area contributed by atoms with E-state index in [0.29, 0.717) is 5.88 Å². The van der Waals surface area contributed by atoms with Crippen molar-refractivity contribution in [2.45, 2.75) is 59.1 Å². The Kier molecular flexibility index (Phi) is 4.79. The first-order valence-corrected chi connectivity index (χ1v) is 6.32. The van der Waals surface area contributed by atoms with Crippen LogP contribution in [0.1, 0.15) is 47.5 Å². The summed E-state index contributed by atoms with van der Waals surface area (Å²) in [5, 5.41) is 3.34. The summed E-state index contributed by atoms with van der Waals surface area (Å²) in [5.74, 6) is 1.55. The number of nitrogens with zero attached hydrogens (tertiary/aromatic N) is 1. The van der Waals surface area contributed by atoms with Crippen molar-refractivity contribution in [1.82, 2.24) is 4.98 Å². The Morgan fingerprint density at radius 2 is 2.06 bits per heavy atom. The van der Waals surface area contributed by atoms with Gasteiger partial charge in [-0.15, -0.1) is 0 Å². The summed E-state index contributed by atoms with van der Waals surface area (Å²) in [6, 6.07) is 5.83. The summed E-state index contributed by atoms with van der Waals surface area (Å²) in [7, 11) is 0. The largest absolute Gasteiger partial charge is 0.475 e. The highest BCUT2D eigenvalue weighted by Gasteiger charge is 2.11. The van der Waals surface area contributed by atoms with Gasteiger partial charge in [-0.2, -0.15) is 4.98 Å². The van der Waals surface area contributed by atoms with Gasteiger partial charge >= 0.3 is 0 Å². The first-order valence-electron chi connectivity index (χ1n) is 6.32. The van der Waals surface area contributed by atoms with Gasteiger partial charge in [-0.1, -0.05) is 19.4 Å². The van der Waals surface area contributed by atoms with Crippen LogP contribution in [0.3, 0.4) is 0 Å². The lowest BCUT2D eigenvalue weighted by Crippen LogP contribution is -2.26. The van der Waals surface area contributed by atoms with Gasteiger partial charge in [0.2, 0.25) is 5.88 Å². The molecule has 0 amide bonds. The fraction of sp³-hybridized carbons (Fsp3) is 0.643. The summed E-state index contributed by atoms with van der Waals surface area (Å²) >= 11 is 0. The van der Waals surface area contributed by atoms with E-state index in [1.54, 1.807) is 0 Å². The molecule has 0 aromatic carbocycles. The van der Waals surface area contributed by atoms with Crippen LogP contribution in [0.4, 0.5) is 5.82 Å². The van der Waals surface area contributed by atoms with Crippen LogP contribution in [-0.4, -0.2) is 16.6 Å². The van der Waals surface area contributed by atoms with E-state index in [1.165, 1.54) is 0 Å². The molecule has 0 aliphatic heterocycles. The molecule has 1 aromatic heterocycles. The lowest BCUT2D eigenvalue weighted by atomic mass is 10.1. The lowest BCUT2D eigenvalue weighted by Gasteiger charge is -2.22. The summed E-state index contributed by atoms with van der Waals surface area (Å²) in [5.41, 5.74) is 0.0145. The summed E-state index contributed by atoms with van der Waals surface area (Å²) in [6.07, 6.45) is 2.40. The maximum absolute atomic E-state index is 5.76. The monoisotopic (exact) mass is 236 g/mol. The predicted molar refractivity (Wildman–Crippen MR) is 72.6 cm³/mol. The fourth-order valence-corrected chi connectivity index (χ4v) is 1.61. The topological polar surface area (TPSA) is 34.1 Å². The van der Waals surface area contributed by atoms with Gasteiger partial charge in [-0.25, -0.2) is 0 Å². The molecule has 0 saturated carbocycles. The second-order valence-corrected chi connectivity index (χ2v) is 5.45. The van der Waals surface area contributed by atoms with E-state index in [0.717, 1.165) is 18.7 Å². The van der Waals surface area contributed by atoms with Crippen LogP contribution < -0.4 is 10.1 Å². The number of hydrogen-bond donors (Lipinski definition) is 1. The quantitative estimate of drug-likeness (QED) is 0.843. The fourth-order valence-electron chi connectivity index (χ4n) is 1.61. The standard InChI is InChI=1S/C14H24N2O/c1-6-8-11(2)17-13-10-7-9-12(15-13)16-14(3,4)5/h7,9-11H,6,8H2,1-5H3,(H,15,16). The van der Waals surface area contributed by atoms with Crippen molar-refractivity contribution in [3.8, 4) is 5.88 Å². The van der Waals surface area contributed by atoms with Gasteiger partial charge in [0, 0.05) is 11.6 Å². The molecule has 3 nitrogen and oxygen atoms in total. The first-order chi connectivity index (χ1) is 7.90. The zero-order valence-corrected chi connectivity index (χ0v) is 11.6. The van der Waals surface area contributed by atoms with Crippen molar-refractivity contribution in [2.24, 2.45) is 0 Å². The zero-order chi connectivity index (χ0) is 12.9. The third kappa shape index (κ3) is 5.57. The number of nitrogens with one attached hydrogen (secondary N) is 1. The average Bonchev–Trinajstić information content (AvgIpc) is 2.15. The van der Waals surface area contributed by atoms with Crippen LogP contribution in [0.2, 0.25) is 0 Å². The third-order valence-corrected chi connectivity index (χ3v) is 2.24. The Balaban J connectivity index is 2.66. The second-order valence-electron chi connectivity index (χ2n) is 5.45. The molecule has 1 heterocycles. The van der Waals surface area contributed by atoms with Crippen molar-refractivity contribution < 1.29 is 4.74 Å². The summed E-state index contributed by atoms with van der Waals surface area (Å²) < 4.78 is 5.76. The van der Waals surface area contributed by atoms with Crippen LogP contribution in [0.25, 0.3) is 0 Å². The molecule has 1 N–H and O–H groups in total.